The number of hydrogen-bond donors (Lipinski definition) is 2. The number of aromatic hydroxyl groups is 1. The molecule has 136 valence electrons. The molecule has 7 nitrogen and oxygen atoms in total. The van der Waals surface area contributed by atoms with Gasteiger partial charge in [0.1, 0.15) is 5.75 Å². The lowest BCUT2D eigenvalue weighted by Gasteiger charge is -2.12. The first-order valence-electron chi connectivity index (χ1n) is 8.01. The first-order chi connectivity index (χ1) is 12.3. The van der Waals surface area contributed by atoms with Crippen LogP contribution in [-0.2, 0) is 16.4 Å². The second-order valence-corrected chi connectivity index (χ2v) is 8.28. The fourth-order valence-corrected chi connectivity index (χ4v) is 3.76. The second-order valence-electron chi connectivity index (χ2n) is 6.13. The van der Waals surface area contributed by atoms with Gasteiger partial charge in [0, 0.05) is 25.2 Å². The van der Waals surface area contributed by atoms with E-state index in [1.165, 1.54) is 38.4 Å². The van der Waals surface area contributed by atoms with E-state index in [2.05, 4.69) is 10.5 Å². The molecule has 0 saturated heterocycles. The Hall–Kier alpha value is -2.71. The standard InChI is InChI=1S/C18H19N3O4S/c1-21(2)26(24,25)14-7-3-6-13(11-14)18(23)20-19-15-10-9-12-5-4-8-16(22)17(12)15/h3-8,11,22H,9-10H2,1-2H3,(H,20,23)/b19-15+. The summed E-state index contributed by atoms with van der Waals surface area (Å²) in [7, 11) is -0.767. The van der Waals surface area contributed by atoms with E-state index in [4.69, 9.17) is 0 Å². The number of carbonyl (C=O) groups is 1. The molecule has 1 aliphatic rings. The van der Waals surface area contributed by atoms with Crippen molar-refractivity contribution in [3.8, 4) is 5.75 Å². The Bertz CT molecular complexity index is 997. The van der Waals surface area contributed by atoms with Gasteiger partial charge in [0.05, 0.1) is 10.6 Å². The zero-order chi connectivity index (χ0) is 18.9. The van der Waals surface area contributed by atoms with Gasteiger partial charge in [-0.3, -0.25) is 4.79 Å². The molecule has 0 heterocycles. The molecule has 2 N–H and O–H groups in total. The van der Waals surface area contributed by atoms with Gasteiger partial charge in [0.15, 0.2) is 0 Å². The predicted molar refractivity (Wildman–Crippen MR) is 97.7 cm³/mol. The molecule has 0 unspecified atom stereocenters. The molecular weight excluding hydrogens is 354 g/mol. The van der Waals surface area contributed by atoms with Crippen LogP contribution in [0.1, 0.15) is 27.9 Å². The number of phenolic OH excluding ortho intramolecular Hbond substituents is 1. The molecule has 0 atom stereocenters. The van der Waals surface area contributed by atoms with Crippen molar-refractivity contribution in [2.45, 2.75) is 17.7 Å². The summed E-state index contributed by atoms with van der Waals surface area (Å²) >= 11 is 0. The lowest BCUT2D eigenvalue weighted by atomic mass is 10.1. The van der Waals surface area contributed by atoms with Gasteiger partial charge in [-0.05, 0) is 42.7 Å². The smallest absolute Gasteiger partial charge is 0.271 e. The van der Waals surface area contributed by atoms with Gasteiger partial charge < -0.3 is 5.11 Å². The Balaban J connectivity index is 1.83. The van der Waals surface area contributed by atoms with E-state index in [0.717, 1.165) is 16.3 Å². The summed E-state index contributed by atoms with van der Waals surface area (Å²) in [6, 6.07) is 11.0. The number of aryl methyl sites for hydroxylation is 1. The molecule has 8 heteroatoms. The molecule has 0 radical (unpaired) electrons. The summed E-state index contributed by atoms with van der Waals surface area (Å²) in [5, 5.41) is 14.1. The highest BCUT2D eigenvalue weighted by molar-refractivity contribution is 7.89. The Morgan fingerprint density at radius 3 is 2.62 bits per heavy atom. The summed E-state index contributed by atoms with van der Waals surface area (Å²) in [5.41, 5.74) is 4.87. The summed E-state index contributed by atoms with van der Waals surface area (Å²) in [4.78, 5) is 12.4. The van der Waals surface area contributed by atoms with Crippen LogP contribution in [0.2, 0.25) is 0 Å². The maximum atomic E-state index is 12.4. The maximum absolute atomic E-state index is 12.4. The minimum atomic E-state index is -3.62. The van der Waals surface area contributed by atoms with Crippen molar-refractivity contribution >= 4 is 21.6 Å². The quantitative estimate of drug-likeness (QED) is 0.797. The van der Waals surface area contributed by atoms with E-state index in [-0.39, 0.29) is 16.2 Å². The van der Waals surface area contributed by atoms with E-state index in [0.29, 0.717) is 17.7 Å². The van der Waals surface area contributed by atoms with Crippen LogP contribution in [0.15, 0.2) is 52.5 Å². The van der Waals surface area contributed by atoms with Crippen molar-refractivity contribution in [3.05, 3.63) is 59.2 Å². The molecule has 0 spiro atoms. The number of nitrogens with zero attached hydrogens (tertiary/aromatic N) is 2. The molecule has 0 bridgehead atoms. The number of phenols is 1. The third-order valence-electron chi connectivity index (χ3n) is 4.22. The highest BCUT2D eigenvalue weighted by Crippen LogP contribution is 2.29. The highest BCUT2D eigenvalue weighted by atomic mass is 32.2. The van der Waals surface area contributed by atoms with E-state index in [9.17, 15) is 18.3 Å². The van der Waals surface area contributed by atoms with Crippen molar-refractivity contribution in [1.29, 1.82) is 0 Å². The summed E-state index contributed by atoms with van der Waals surface area (Å²) in [6.45, 7) is 0. The predicted octanol–water partition coefficient (Wildman–Crippen LogP) is 1.72. The summed E-state index contributed by atoms with van der Waals surface area (Å²) in [6.07, 6.45) is 1.36. The van der Waals surface area contributed by atoms with Crippen LogP contribution in [0.4, 0.5) is 0 Å². The minimum absolute atomic E-state index is 0.0339. The molecule has 26 heavy (non-hydrogen) atoms. The van der Waals surface area contributed by atoms with Crippen molar-refractivity contribution in [3.63, 3.8) is 0 Å². The molecule has 3 rings (SSSR count). The maximum Gasteiger partial charge on any atom is 0.271 e. The first-order valence-corrected chi connectivity index (χ1v) is 9.45. The Labute approximate surface area is 152 Å². The number of nitrogens with one attached hydrogen (secondary N) is 1. The zero-order valence-electron chi connectivity index (χ0n) is 14.4. The van der Waals surface area contributed by atoms with E-state index in [1.807, 2.05) is 6.07 Å². The van der Waals surface area contributed by atoms with Crippen molar-refractivity contribution < 1.29 is 18.3 Å². The van der Waals surface area contributed by atoms with Crippen molar-refractivity contribution in [1.82, 2.24) is 9.73 Å². The molecular formula is C18H19N3O4S. The molecule has 2 aromatic rings. The summed E-state index contributed by atoms with van der Waals surface area (Å²) in [5.74, 6) is -0.385. The lowest BCUT2D eigenvalue weighted by molar-refractivity contribution is 0.0954. The molecule has 0 fully saturated rings. The number of benzene rings is 2. The average Bonchev–Trinajstić information content (AvgIpc) is 3.04. The number of hydrazone groups is 1. The average molecular weight is 373 g/mol. The number of carbonyl (C=O) groups excluding carboxylic acids is 1. The van der Waals surface area contributed by atoms with Crippen LogP contribution in [0.3, 0.4) is 0 Å². The monoisotopic (exact) mass is 373 g/mol. The van der Waals surface area contributed by atoms with Crippen LogP contribution in [0, 0.1) is 0 Å². The molecule has 1 amide bonds. The zero-order valence-corrected chi connectivity index (χ0v) is 15.2. The van der Waals surface area contributed by atoms with Crippen molar-refractivity contribution in [2.75, 3.05) is 14.1 Å². The molecule has 1 aliphatic carbocycles. The van der Waals surface area contributed by atoms with Gasteiger partial charge >= 0.3 is 0 Å². The first kappa shape index (κ1) is 18.1. The van der Waals surface area contributed by atoms with E-state index in [1.54, 1.807) is 12.1 Å². The molecule has 0 aliphatic heterocycles. The lowest BCUT2D eigenvalue weighted by Crippen LogP contribution is -2.23. The van der Waals surface area contributed by atoms with Gasteiger partial charge in [-0.25, -0.2) is 18.1 Å². The SMILES string of the molecule is CN(C)S(=O)(=O)c1cccc(C(=O)N/N=C2\CCc3cccc(O)c32)c1. The third kappa shape index (κ3) is 3.33. The number of sulfonamides is 1. The Kier molecular flexibility index (Phi) is 4.80. The van der Waals surface area contributed by atoms with Gasteiger partial charge in [-0.15, -0.1) is 0 Å². The fourth-order valence-electron chi connectivity index (χ4n) is 2.81. The van der Waals surface area contributed by atoms with Crippen LogP contribution < -0.4 is 5.43 Å². The largest absolute Gasteiger partial charge is 0.507 e. The Morgan fingerprint density at radius 2 is 1.88 bits per heavy atom. The van der Waals surface area contributed by atoms with Gasteiger partial charge in [-0.2, -0.15) is 5.10 Å². The van der Waals surface area contributed by atoms with Gasteiger partial charge in [-0.1, -0.05) is 18.2 Å². The van der Waals surface area contributed by atoms with Crippen molar-refractivity contribution in [2.24, 2.45) is 5.10 Å². The van der Waals surface area contributed by atoms with Gasteiger partial charge in [0.2, 0.25) is 10.0 Å². The Morgan fingerprint density at radius 1 is 1.15 bits per heavy atom. The van der Waals surface area contributed by atoms with Gasteiger partial charge in [0.25, 0.3) is 5.91 Å². The normalized spacial score (nSPS) is 15.3. The molecule has 2 aromatic carbocycles. The number of fused-ring (bicyclic) bond motifs is 1. The number of hydrogen-bond acceptors (Lipinski definition) is 5. The van der Waals surface area contributed by atoms with Crippen LogP contribution >= 0.6 is 0 Å². The fraction of sp³-hybridized carbons (Fsp3) is 0.222. The van der Waals surface area contributed by atoms with Crippen LogP contribution in [-0.4, -0.2) is 43.5 Å². The van der Waals surface area contributed by atoms with E-state index >= 15 is 0 Å². The number of amides is 1. The second kappa shape index (κ2) is 6.89. The molecule has 0 saturated carbocycles. The molecule has 0 aromatic heterocycles. The highest BCUT2D eigenvalue weighted by Gasteiger charge is 2.22. The third-order valence-corrected chi connectivity index (χ3v) is 6.03. The van der Waals surface area contributed by atoms with E-state index < -0.39 is 15.9 Å². The number of rotatable bonds is 4. The van der Waals surface area contributed by atoms with Crippen LogP contribution in [0.25, 0.3) is 0 Å². The minimum Gasteiger partial charge on any atom is -0.507 e. The van der Waals surface area contributed by atoms with Crippen LogP contribution in [0.5, 0.6) is 5.75 Å². The summed E-state index contributed by atoms with van der Waals surface area (Å²) < 4.78 is 25.5. The topological polar surface area (TPSA) is 99.1 Å².